The number of thioether (sulfide) groups is 1. The molecule has 7 heteroatoms. The van der Waals surface area contributed by atoms with E-state index in [9.17, 15) is 18.3 Å². The van der Waals surface area contributed by atoms with Crippen LogP contribution >= 0.6 is 11.8 Å². The first kappa shape index (κ1) is 20.0. The van der Waals surface area contributed by atoms with Gasteiger partial charge in [-0.05, 0) is 48.7 Å². The van der Waals surface area contributed by atoms with E-state index < -0.39 is 17.4 Å². The lowest BCUT2D eigenvalue weighted by molar-refractivity contribution is -0.274. The van der Waals surface area contributed by atoms with E-state index in [-0.39, 0.29) is 5.75 Å². The average Bonchev–Trinajstić information content (AvgIpc) is 2.59. The first-order valence-electron chi connectivity index (χ1n) is 8.49. The molecule has 2 aromatic carbocycles. The monoisotopic (exact) mass is 397 g/mol. The fourth-order valence-corrected chi connectivity index (χ4v) is 4.44. The minimum absolute atomic E-state index is 0.303. The van der Waals surface area contributed by atoms with Crippen molar-refractivity contribution in [1.29, 1.82) is 0 Å². The summed E-state index contributed by atoms with van der Waals surface area (Å²) in [5.41, 5.74) is -0.520. The summed E-state index contributed by atoms with van der Waals surface area (Å²) in [5.74, 6) is -0.303. The van der Waals surface area contributed by atoms with Crippen LogP contribution in [0.5, 0.6) is 5.75 Å². The lowest BCUT2D eigenvalue weighted by Crippen LogP contribution is -2.63. The van der Waals surface area contributed by atoms with Gasteiger partial charge in [0.2, 0.25) is 0 Å². The molecule has 3 nitrogen and oxygen atoms in total. The molecular weight excluding hydrogens is 375 g/mol. The molecule has 1 aliphatic heterocycles. The van der Waals surface area contributed by atoms with Crippen molar-refractivity contribution in [1.82, 2.24) is 4.90 Å². The van der Waals surface area contributed by atoms with Crippen molar-refractivity contribution in [3.8, 4) is 5.75 Å². The van der Waals surface area contributed by atoms with Crippen molar-refractivity contribution in [2.75, 3.05) is 26.4 Å². The summed E-state index contributed by atoms with van der Waals surface area (Å²) < 4.78 is 41.3. The Morgan fingerprint density at radius 1 is 1.07 bits per heavy atom. The van der Waals surface area contributed by atoms with Crippen molar-refractivity contribution >= 4 is 11.8 Å². The molecule has 0 amide bonds. The number of alkyl halides is 3. The van der Waals surface area contributed by atoms with Gasteiger partial charge in [0.05, 0.1) is 0 Å². The van der Waals surface area contributed by atoms with Gasteiger partial charge in [0.25, 0.3) is 0 Å². The molecule has 0 aliphatic carbocycles. The minimum atomic E-state index is -4.74. The van der Waals surface area contributed by atoms with E-state index in [4.69, 9.17) is 0 Å². The van der Waals surface area contributed by atoms with Crippen molar-refractivity contribution in [2.24, 2.45) is 5.41 Å². The number of likely N-dealkylation sites (tertiary alicyclic amines) is 1. The molecule has 27 heavy (non-hydrogen) atoms. The van der Waals surface area contributed by atoms with E-state index in [1.54, 1.807) is 11.8 Å². The summed E-state index contributed by atoms with van der Waals surface area (Å²) >= 11 is 1.57. The van der Waals surface area contributed by atoms with Crippen molar-refractivity contribution in [2.45, 2.75) is 23.8 Å². The van der Waals surface area contributed by atoms with Crippen LogP contribution in [0.15, 0.2) is 53.4 Å². The Bertz CT molecular complexity index is 804. The summed E-state index contributed by atoms with van der Waals surface area (Å²) in [4.78, 5) is 3.11. The molecule has 0 bridgehead atoms. The predicted octanol–water partition coefficient (Wildman–Crippen LogP) is 4.49. The summed E-state index contributed by atoms with van der Waals surface area (Å²) in [7, 11) is 1.97. The van der Waals surface area contributed by atoms with Crippen molar-refractivity contribution in [3.05, 3.63) is 59.7 Å². The van der Waals surface area contributed by atoms with E-state index in [0.717, 1.165) is 10.5 Å². The Hall–Kier alpha value is -1.70. The highest BCUT2D eigenvalue weighted by atomic mass is 32.2. The maximum absolute atomic E-state index is 12.4. The van der Waals surface area contributed by atoms with Gasteiger partial charge in [-0.2, -0.15) is 0 Å². The Morgan fingerprint density at radius 3 is 2.22 bits per heavy atom. The molecule has 0 saturated carbocycles. The van der Waals surface area contributed by atoms with Crippen LogP contribution in [0.4, 0.5) is 13.2 Å². The van der Waals surface area contributed by atoms with Crippen LogP contribution in [0.3, 0.4) is 0 Å². The zero-order valence-electron chi connectivity index (χ0n) is 15.4. The largest absolute Gasteiger partial charge is 0.573 e. The van der Waals surface area contributed by atoms with Gasteiger partial charge >= 0.3 is 6.36 Å². The van der Waals surface area contributed by atoms with Gasteiger partial charge in [-0.1, -0.05) is 31.2 Å². The van der Waals surface area contributed by atoms with Gasteiger partial charge in [0.15, 0.2) is 0 Å². The third-order valence-electron chi connectivity index (χ3n) is 5.10. The summed E-state index contributed by atoms with van der Waals surface area (Å²) in [6.45, 7) is 3.35. The molecule has 0 radical (unpaired) electrons. The van der Waals surface area contributed by atoms with Crippen LogP contribution in [0.2, 0.25) is 0 Å². The molecule has 0 unspecified atom stereocenters. The van der Waals surface area contributed by atoms with Crippen LogP contribution < -0.4 is 4.74 Å². The minimum Gasteiger partial charge on any atom is -0.406 e. The summed E-state index contributed by atoms with van der Waals surface area (Å²) in [6.07, 6.45) is -2.78. The van der Waals surface area contributed by atoms with E-state index >= 15 is 0 Å². The Balaban J connectivity index is 2.05. The number of aliphatic hydroxyl groups is 1. The maximum atomic E-state index is 12.4. The van der Waals surface area contributed by atoms with Gasteiger partial charge < -0.3 is 14.7 Å². The highest BCUT2D eigenvalue weighted by Crippen LogP contribution is 2.50. The van der Waals surface area contributed by atoms with Gasteiger partial charge in [-0.3, -0.25) is 0 Å². The molecular formula is C20H22F3NO2S. The standard InChI is InChI=1S/C20H22F3NO2S/c1-18(12-24(2)13-18)19(25,15-5-4-6-17(11-15)27-3)14-7-9-16(10-8-14)26-20(21,22)23/h4-11,25H,12-13H2,1-3H3/t19-/m0/s1. The Labute approximate surface area is 161 Å². The number of hydrogen-bond acceptors (Lipinski definition) is 4. The fraction of sp³-hybridized carbons (Fsp3) is 0.400. The first-order chi connectivity index (χ1) is 12.6. The van der Waals surface area contributed by atoms with Gasteiger partial charge in [0, 0.05) is 23.4 Å². The van der Waals surface area contributed by atoms with Crippen LogP contribution in [-0.4, -0.2) is 42.8 Å². The van der Waals surface area contributed by atoms with Crippen molar-refractivity contribution < 1.29 is 23.0 Å². The molecule has 146 valence electrons. The quantitative estimate of drug-likeness (QED) is 0.754. The van der Waals surface area contributed by atoms with Crippen LogP contribution in [0.1, 0.15) is 18.1 Å². The number of ether oxygens (including phenoxy) is 1. The lowest BCUT2D eigenvalue weighted by Gasteiger charge is -2.56. The van der Waals surface area contributed by atoms with E-state index in [1.165, 1.54) is 24.3 Å². The Morgan fingerprint density at radius 2 is 1.70 bits per heavy atom. The molecule has 2 aromatic rings. The van der Waals surface area contributed by atoms with E-state index in [2.05, 4.69) is 9.64 Å². The molecule has 1 N–H and O–H groups in total. The third kappa shape index (κ3) is 3.81. The third-order valence-corrected chi connectivity index (χ3v) is 5.83. The highest BCUT2D eigenvalue weighted by Gasteiger charge is 2.55. The topological polar surface area (TPSA) is 32.7 Å². The second-order valence-electron chi connectivity index (χ2n) is 7.25. The Kier molecular flexibility index (Phi) is 5.22. The second-order valence-corrected chi connectivity index (χ2v) is 8.13. The number of rotatable bonds is 5. The van der Waals surface area contributed by atoms with Gasteiger partial charge in [-0.15, -0.1) is 24.9 Å². The van der Waals surface area contributed by atoms with E-state index in [1.807, 2.05) is 44.5 Å². The average molecular weight is 397 g/mol. The summed E-state index contributed by atoms with van der Waals surface area (Å²) in [6, 6.07) is 13.2. The highest BCUT2D eigenvalue weighted by molar-refractivity contribution is 7.98. The zero-order valence-corrected chi connectivity index (χ0v) is 16.2. The normalized spacial score (nSPS) is 19.2. The summed E-state index contributed by atoms with van der Waals surface area (Å²) in [5, 5.41) is 11.9. The maximum Gasteiger partial charge on any atom is 0.573 e. The molecule has 1 heterocycles. The van der Waals surface area contributed by atoms with Crippen LogP contribution in [0.25, 0.3) is 0 Å². The first-order valence-corrected chi connectivity index (χ1v) is 9.72. The fourth-order valence-electron chi connectivity index (χ4n) is 3.98. The molecule has 0 aromatic heterocycles. The SMILES string of the molecule is CSc1cccc([C@@](O)(c2ccc(OC(F)(F)F)cc2)C2(C)CN(C)C2)c1. The molecule has 3 rings (SSSR count). The molecule has 1 atom stereocenters. The molecule has 1 saturated heterocycles. The van der Waals surface area contributed by atoms with Crippen LogP contribution in [-0.2, 0) is 5.60 Å². The van der Waals surface area contributed by atoms with Crippen molar-refractivity contribution in [3.63, 3.8) is 0 Å². The second kappa shape index (κ2) is 7.04. The van der Waals surface area contributed by atoms with Gasteiger partial charge in [0.1, 0.15) is 11.4 Å². The number of hydrogen-bond donors (Lipinski definition) is 1. The predicted molar refractivity (Wildman–Crippen MR) is 100.0 cm³/mol. The lowest BCUT2D eigenvalue weighted by atomic mass is 9.62. The van der Waals surface area contributed by atoms with Gasteiger partial charge in [-0.25, -0.2) is 0 Å². The number of benzene rings is 2. The smallest absolute Gasteiger partial charge is 0.406 e. The zero-order chi connectivity index (χ0) is 19.9. The molecule has 0 spiro atoms. The molecule has 1 fully saturated rings. The number of nitrogens with zero attached hydrogens (tertiary/aromatic N) is 1. The van der Waals surface area contributed by atoms with E-state index in [0.29, 0.717) is 18.7 Å². The number of halogens is 3. The van der Waals surface area contributed by atoms with Crippen LogP contribution in [0, 0.1) is 5.41 Å². The molecule has 1 aliphatic rings.